The molecule has 1 fully saturated rings. The van der Waals surface area contributed by atoms with Crippen LogP contribution in [-0.4, -0.2) is 36.7 Å². The number of Topliss-reactive ketones (excluding diaryl/α,β-unsaturated/α-hetero) is 1. The third-order valence-electron chi connectivity index (χ3n) is 4.90. The monoisotopic (exact) mass is 329 g/mol. The first-order valence-electron chi connectivity index (χ1n) is 8.58. The predicted octanol–water partition coefficient (Wildman–Crippen LogP) is 3.19. The molecule has 0 radical (unpaired) electrons. The van der Waals surface area contributed by atoms with Crippen molar-refractivity contribution in [3.05, 3.63) is 34.1 Å². The van der Waals surface area contributed by atoms with Gasteiger partial charge in [-0.05, 0) is 50.8 Å². The van der Waals surface area contributed by atoms with E-state index in [1.165, 1.54) is 0 Å². The quantitative estimate of drug-likeness (QED) is 0.780. The molecule has 1 aromatic rings. The van der Waals surface area contributed by atoms with Gasteiger partial charge in [-0.25, -0.2) is 0 Å². The molecular weight excluding hydrogens is 306 g/mol. The molecule has 5 nitrogen and oxygen atoms in total. The Morgan fingerprint density at radius 2 is 2.21 bits per heavy atom. The van der Waals surface area contributed by atoms with Crippen LogP contribution in [0.4, 0.5) is 0 Å². The second-order valence-electron chi connectivity index (χ2n) is 7.05. The van der Waals surface area contributed by atoms with Crippen molar-refractivity contribution < 1.29 is 19.0 Å². The normalized spacial score (nSPS) is 22.9. The molecule has 0 aliphatic carbocycles. The van der Waals surface area contributed by atoms with Gasteiger partial charge in [0.1, 0.15) is 18.2 Å². The maximum atomic E-state index is 12.6. The molecule has 0 aromatic heterocycles. The van der Waals surface area contributed by atoms with E-state index in [0.717, 1.165) is 55.0 Å². The van der Waals surface area contributed by atoms with Gasteiger partial charge in [-0.2, -0.15) is 0 Å². The lowest BCUT2D eigenvalue weighted by Gasteiger charge is -2.31. The van der Waals surface area contributed by atoms with Gasteiger partial charge < -0.3 is 14.2 Å². The van der Waals surface area contributed by atoms with Crippen LogP contribution < -0.4 is 9.47 Å². The number of ketones is 1. The van der Waals surface area contributed by atoms with Crippen molar-refractivity contribution >= 4 is 5.78 Å². The molecule has 1 atom stereocenters. The van der Waals surface area contributed by atoms with E-state index >= 15 is 0 Å². The molecular formula is C19H23NO4. The number of carbonyl (C=O) groups is 1. The molecule has 1 unspecified atom stereocenters. The summed E-state index contributed by atoms with van der Waals surface area (Å²) in [6, 6.07) is 1.97. The molecule has 0 amide bonds. The highest BCUT2D eigenvalue weighted by Gasteiger charge is 2.36. The summed E-state index contributed by atoms with van der Waals surface area (Å²) in [6.45, 7) is 8.73. The minimum atomic E-state index is -0.0125. The molecule has 0 saturated carbocycles. The maximum absolute atomic E-state index is 12.6. The standard InChI is InChI=1S/C19H23NO4/c1-11(2)18-17(21)16-12(3)7-15-14(19(16)24-18)9-20(10-23-15)8-13-5-4-6-22-13/h7,13H,4-6,8-10H2,1-3H3. The highest BCUT2D eigenvalue weighted by atomic mass is 16.5. The Hall–Kier alpha value is -1.85. The van der Waals surface area contributed by atoms with E-state index in [9.17, 15) is 4.79 Å². The molecule has 1 aromatic carbocycles. The van der Waals surface area contributed by atoms with Crippen LogP contribution in [0, 0.1) is 6.92 Å². The van der Waals surface area contributed by atoms with Crippen LogP contribution in [0.1, 0.15) is 48.2 Å². The van der Waals surface area contributed by atoms with E-state index < -0.39 is 0 Å². The third-order valence-corrected chi connectivity index (χ3v) is 4.90. The summed E-state index contributed by atoms with van der Waals surface area (Å²) < 4.78 is 17.6. The Labute approximate surface area is 142 Å². The molecule has 5 heteroatoms. The predicted molar refractivity (Wildman–Crippen MR) is 89.4 cm³/mol. The largest absolute Gasteiger partial charge is 0.478 e. The summed E-state index contributed by atoms with van der Waals surface area (Å²) in [6.07, 6.45) is 2.52. The number of allylic oxidation sites excluding steroid dienone is 2. The van der Waals surface area contributed by atoms with Crippen molar-refractivity contribution in [1.29, 1.82) is 0 Å². The van der Waals surface area contributed by atoms with Crippen molar-refractivity contribution in [3.63, 3.8) is 0 Å². The lowest BCUT2D eigenvalue weighted by Crippen LogP contribution is -2.37. The van der Waals surface area contributed by atoms with Crippen LogP contribution in [0.15, 0.2) is 17.4 Å². The minimum Gasteiger partial charge on any atom is -0.478 e. The number of ether oxygens (including phenoxy) is 3. The Morgan fingerprint density at radius 3 is 2.92 bits per heavy atom. The summed E-state index contributed by atoms with van der Waals surface area (Å²) in [7, 11) is 0. The minimum absolute atomic E-state index is 0.0125. The summed E-state index contributed by atoms with van der Waals surface area (Å²) in [5, 5.41) is 0. The van der Waals surface area contributed by atoms with Gasteiger partial charge in [0.05, 0.1) is 17.2 Å². The zero-order valence-corrected chi connectivity index (χ0v) is 14.5. The first-order chi connectivity index (χ1) is 11.5. The van der Waals surface area contributed by atoms with E-state index in [1.807, 2.05) is 26.8 Å². The van der Waals surface area contributed by atoms with Crippen LogP contribution in [0.25, 0.3) is 0 Å². The zero-order chi connectivity index (χ0) is 16.8. The van der Waals surface area contributed by atoms with E-state index in [2.05, 4.69) is 4.90 Å². The zero-order valence-electron chi connectivity index (χ0n) is 14.5. The van der Waals surface area contributed by atoms with Crippen LogP contribution >= 0.6 is 0 Å². The fraction of sp³-hybridized carbons (Fsp3) is 0.526. The van der Waals surface area contributed by atoms with Crippen molar-refractivity contribution in [3.8, 4) is 11.5 Å². The number of carbonyl (C=O) groups excluding carboxylic acids is 1. The molecule has 3 heterocycles. The second-order valence-corrected chi connectivity index (χ2v) is 7.05. The van der Waals surface area contributed by atoms with E-state index in [0.29, 0.717) is 23.8 Å². The Kier molecular flexibility index (Phi) is 3.85. The smallest absolute Gasteiger partial charge is 0.232 e. The van der Waals surface area contributed by atoms with Crippen molar-refractivity contribution in [2.45, 2.75) is 46.3 Å². The van der Waals surface area contributed by atoms with Crippen molar-refractivity contribution in [2.24, 2.45) is 0 Å². The lowest BCUT2D eigenvalue weighted by molar-refractivity contribution is 0.0273. The number of hydrogen-bond donors (Lipinski definition) is 0. The number of aryl methyl sites for hydroxylation is 1. The Bertz CT molecular complexity index is 727. The maximum Gasteiger partial charge on any atom is 0.232 e. The Balaban J connectivity index is 1.66. The number of benzene rings is 1. The topological polar surface area (TPSA) is 48.0 Å². The molecule has 24 heavy (non-hydrogen) atoms. The Morgan fingerprint density at radius 1 is 1.38 bits per heavy atom. The van der Waals surface area contributed by atoms with Gasteiger partial charge in [0.25, 0.3) is 0 Å². The van der Waals surface area contributed by atoms with E-state index in [-0.39, 0.29) is 11.9 Å². The van der Waals surface area contributed by atoms with Crippen molar-refractivity contribution in [1.82, 2.24) is 4.90 Å². The van der Waals surface area contributed by atoms with Gasteiger partial charge in [-0.3, -0.25) is 9.69 Å². The first-order valence-corrected chi connectivity index (χ1v) is 8.58. The van der Waals surface area contributed by atoms with Gasteiger partial charge in [-0.1, -0.05) is 0 Å². The highest BCUT2D eigenvalue weighted by molar-refractivity contribution is 6.14. The SMILES string of the molecule is CC(C)=C1Oc2c3c(cc(C)c2C1=O)OCN(CC1CCCO1)C3. The summed E-state index contributed by atoms with van der Waals surface area (Å²) >= 11 is 0. The van der Waals surface area contributed by atoms with Gasteiger partial charge in [0, 0.05) is 19.7 Å². The molecule has 1 saturated heterocycles. The molecule has 4 rings (SSSR count). The highest BCUT2D eigenvalue weighted by Crippen LogP contribution is 2.44. The molecule has 3 aliphatic heterocycles. The molecule has 3 aliphatic rings. The number of rotatable bonds is 2. The first kappa shape index (κ1) is 15.7. The molecule has 0 N–H and O–H groups in total. The number of hydrogen-bond acceptors (Lipinski definition) is 5. The van der Waals surface area contributed by atoms with Gasteiger partial charge in [0.2, 0.25) is 5.78 Å². The average molecular weight is 329 g/mol. The summed E-state index contributed by atoms with van der Waals surface area (Å²) in [5.74, 6) is 1.96. The van der Waals surface area contributed by atoms with Crippen LogP contribution in [0.2, 0.25) is 0 Å². The fourth-order valence-electron chi connectivity index (χ4n) is 3.69. The summed E-state index contributed by atoms with van der Waals surface area (Å²) in [5.41, 5.74) is 3.48. The molecule has 128 valence electrons. The lowest BCUT2D eigenvalue weighted by atomic mass is 9.98. The molecule has 0 bridgehead atoms. The summed E-state index contributed by atoms with van der Waals surface area (Å²) in [4.78, 5) is 14.9. The molecule has 0 spiro atoms. The van der Waals surface area contributed by atoms with Gasteiger partial charge >= 0.3 is 0 Å². The van der Waals surface area contributed by atoms with Gasteiger partial charge in [0.15, 0.2) is 5.76 Å². The third kappa shape index (κ3) is 2.52. The number of nitrogens with zero attached hydrogens (tertiary/aromatic N) is 1. The van der Waals surface area contributed by atoms with Crippen LogP contribution in [0.5, 0.6) is 11.5 Å². The van der Waals surface area contributed by atoms with E-state index in [4.69, 9.17) is 14.2 Å². The van der Waals surface area contributed by atoms with Crippen molar-refractivity contribution in [2.75, 3.05) is 19.9 Å². The number of fused-ring (bicyclic) bond motifs is 3. The van der Waals surface area contributed by atoms with Crippen LogP contribution in [0.3, 0.4) is 0 Å². The van der Waals surface area contributed by atoms with E-state index in [1.54, 1.807) is 0 Å². The second kappa shape index (κ2) is 5.90. The average Bonchev–Trinajstić information content (AvgIpc) is 3.16. The van der Waals surface area contributed by atoms with Crippen LogP contribution in [-0.2, 0) is 11.3 Å². The fourth-order valence-corrected chi connectivity index (χ4v) is 3.69. The van der Waals surface area contributed by atoms with Gasteiger partial charge in [-0.15, -0.1) is 0 Å².